The molecular weight excluding hydrogens is 226 g/mol. The molecule has 0 bridgehead atoms. The van der Waals surface area contributed by atoms with Crippen LogP contribution in [0.2, 0.25) is 0 Å². The molecule has 0 fully saturated rings. The molecule has 0 aliphatic heterocycles. The van der Waals surface area contributed by atoms with E-state index in [2.05, 4.69) is 0 Å². The molecule has 0 saturated heterocycles. The van der Waals surface area contributed by atoms with Gasteiger partial charge in [0.25, 0.3) is 5.91 Å². The molecule has 0 saturated carbocycles. The summed E-state index contributed by atoms with van der Waals surface area (Å²) in [5.74, 6) is 0.0522. The van der Waals surface area contributed by atoms with Crippen molar-refractivity contribution in [2.24, 2.45) is 5.73 Å². The van der Waals surface area contributed by atoms with Gasteiger partial charge >= 0.3 is 0 Å². The fourth-order valence-corrected chi connectivity index (χ4v) is 2.03. The molecule has 4 heteroatoms. The molecule has 0 aliphatic carbocycles. The van der Waals surface area contributed by atoms with Crippen molar-refractivity contribution in [3.05, 3.63) is 29.3 Å². The van der Waals surface area contributed by atoms with Crippen LogP contribution in [0.3, 0.4) is 0 Å². The van der Waals surface area contributed by atoms with Crippen LogP contribution in [0.25, 0.3) is 0 Å². The van der Waals surface area contributed by atoms with Gasteiger partial charge in [-0.15, -0.1) is 0 Å². The molecule has 100 valence electrons. The highest BCUT2D eigenvalue weighted by atomic mass is 16.2. The third-order valence-corrected chi connectivity index (χ3v) is 2.99. The van der Waals surface area contributed by atoms with Crippen LogP contribution in [-0.2, 0) is 0 Å². The van der Waals surface area contributed by atoms with Crippen molar-refractivity contribution in [3.63, 3.8) is 0 Å². The van der Waals surface area contributed by atoms with E-state index in [1.165, 1.54) is 0 Å². The number of benzene rings is 1. The van der Waals surface area contributed by atoms with Gasteiger partial charge in [-0.3, -0.25) is 4.79 Å². The Balaban J connectivity index is 2.96. The lowest BCUT2D eigenvalue weighted by Gasteiger charge is -2.21. The van der Waals surface area contributed by atoms with Crippen LogP contribution < -0.4 is 10.6 Å². The van der Waals surface area contributed by atoms with Gasteiger partial charge in [-0.05, 0) is 37.6 Å². The molecule has 1 aromatic carbocycles. The van der Waals surface area contributed by atoms with E-state index in [0.29, 0.717) is 19.6 Å². The largest absolute Gasteiger partial charge is 0.377 e. The first-order chi connectivity index (χ1) is 8.51. The Morgan fingerprint density at radius 2 is 2.00 bits per heavy atom. The summed E-state index contributed by atoms with van der Waals surface area (Å²) in [7, 11) is 3.99. The molecule has 2 N–H and O–H groups in total. The number of likely N-dealkylation sites (N-methyl/N-ethyl adjacent to an activating group) is 1. The second-order valence-corrected chi connectivity index (χ2v) is 4.57. The Labute approximate surface area is 109 Å². The molecule has 0 aromatic heterocycles. The molecule has 4 nitrogen and oxygen atoms in total. The minimum absolute atomic E-state index is 0.0522. The lowest BCUT2D eigenvalue weighted by molar-refractivity contribution is 0.0769. The first-order valence-electron chi connectivity index (χ1n) is 6.28. The number of rotatable bonds is 5. The molecule has 0 aliphatic rings. The molecule has 18 heavy (non-hydrogen) atoms. The molecule has 1 aromatic rings. The van der Waals surface area contributed by atoms with Crippen LogP contribution in [0.1, 0.15) is 22.8 Å². The van der Waals surface area contributed by atoms with Gasteiger partial charge in [0, 0.05) is 45.0 Å². The highest BCUT2D eigenvalue weighted by molar-refractivity contribution is 5.95. The van der Waals surface area contributed by atoms with Gasteiger partial charge in [0.05, 0.1) is 0 Å². The highest BCUT2D eigenvalue weighted by Gasteiger charge is 2.14. The van der Waals surface area contributed by atoms with Gasteiger partial charge in [0.2, 0.25) is 0 Å². The van der Waals surface area contributed by atoms with Gasteiger partial charge in [-0.2, -0.15) is 0 Å². The second kappa shape index (κ2) is 6.40. The minimum atomic E-state index is 0.0522. The monoisotopic (exact) mass is 249 g/mol. The second-order valence-electron chi connectivity index (χ2n) is 4.57. The fraction of sp³-hybridized carbons (Fsp3) is 0.500. The SMILES string of the molecule is CCN(CCN)C(=O)c1ccc(N(C)C)c(C)c1. The summed E-state index contributed by atoms with van der Waals surface area (Å²) in [5, 5.41) is 0. The van der Waals surface area contributed by atoms with Gasteiger partial charge in [-0.1, -0.05) is 0 Å². The van der Waals surface area contributed by atoms with Gasteiger partial charge in [0.1, 0.15) is 0 Å². The Bertz CT molecular complexity index is 416. The molecule has 0 heterocycles. The van der Waals surface area contributed by atoms with E-state index in [0.717, 1.165) is 16.8 Å². The van der Waals surface area contributed by atoms with E-state index in [1.54, 1.807) is 4.90 Å². The maximum Gasteiger partial charge on any atom is 0.253 e. The van der Waals surface area contributed by atoms with E-state index < -0.39 is 0 Å². The van der Waals surface area contributed by atoms with Crippen molar-refractivity contribution >= 4 is 11.6 Å². The highest BCUT2D eigenvalue weighted by Crippen LogP contribution is 2.19. The number of carbonyl (C=O) groups excluding carboxylic acids is 1. The first-order valence-corrected chi connectivity index (χ1v) is 6.28. The number of amides is 1. The minimum Gasteiger partial charge on any atom is -0.377 e. The summed E-state index contributed by atoms with van der Waals surface area (Å²) >= 11 is 0. The topological polar surface area (TPSA) is 49.6 Å². The number of nitrogens with zero attached hydrogens (tertiary/aromatic N) is 2. The third kappa shape index (κ3) is 3.23. The third-order valence-electron chi connectivity index (χ3n) is 2.99. The predicted molar refractivity (Wildman–Crippen MR) is 76.1 cm³/mol. The van der Waals surface area contributed by atoms with E-state index in [9.17, 15) is 4.79 Å². The molecule has 0 unspecified atom stereocenters. The number of carbonyl (C=O) groups is 1. The Kier molecular flexibility index (Phi) is 5.16. The van der Waals surface area contributed by atoms with Crippen LogP contribution >= 0.6 is 0 Å². The van der Waals surface area contributed by atoms with E-state index in [4.69, 9.17) is 5.73 Å². The molecule has 0 atom stereocenters. The number of hydrogen-bond acceptors (Lipinski definition) is 3. The normalized spacial score (nSPS) is 10.3. The summed E-state index contributed by atoms with van der Waals surface area (Å²) in [5.41, 5.74) is 8.48. The average Bonchev–Trinajstić information content (AvgIpc) is 2.34. The summed E-state index contributed by atoms with van der Waals surface area (Å²) in [6.07, 6.45) is 0. The smallest absolute Gasteiger partial charge is 0.253 e. The Morgan fingerprint density at radius 1 is 1.33 bits per heavy atom. The van der Waals surface area contributed by atoms with E-state index in [-0.39, 0.29) is 5.91 Å². The maximum absolute atomic E-state index is 12.3. The predicted octanol–water partition coefficient (Wildman–Crippen LogP) is 1.48. The van der Waals surface area contributed by atoms with Crippen molar-refractivity contribution in [2.75, 3.05) is 38.6 Å². The van der Waals surface area contributed by atoms with Crippen molar-refractivity contribution in [3.8, 4) is 0 Å². The molecular formula is C14H23N3O. The van der Waals surface area contributed by atoms with Crippen molar-refractivity contribution in [1.29, 1.82) is 0 Å². The Morgan fingerprint density at radius 3 is 2.44 bits per heavy atom. The molecule has 0 spiro atoms. The molecule has 1 amide bonds. The average molecular weight is 249 g/mol. The zero-order chi connectivity index (χ0) is 13.7. The fourth-order valence-electron chi connectivity index (χ4n) is 2.03. The maximum atomic E-state index is 12.3. The number of hydrogen-bond donors (Lipinski definition) is 1. The zero-order valence-electron chi connectivity index (χ0n) is 11.7. The van der Waals surface area contributed by atoms with E-state index in [1.807, 2.05) is 51.0 Å². The van der Waals surface area contributed by atoms with Crippen LogP contribution in [0.4, 0.5) is 5.69 Å². The molecule has 0 radical (unpaired) electrons. The zero-order valence-corrected chi connectivity index (χ0v) is 11.7. The van der Waals surface area contributed by atoms with Gasteiger partial charge in [0.15, 0.2) is 0 Å². The first kappa shape index (κ1) is 14.5. The lowest BCUT2D eigenvalue weighted by atomic mass is 10.1. The number of anilines is 1. The molecule has 1 rings (SSSR count). The summed E-state index contributed by atoms with van der Waals surface area (Å²) in [6, 6.07) is 5.81. The quantitative estimate of drug-likeness (QED) is 0.860. The van der Waals surface area contributed by atoms with Crippen LogP contribution in [-0.4, -0.2) is 44.5 Å². The summed E-state index contributed by atoms with van der Waals surface area (Å²) < 4.78 is 0. The Hall–Kier alpha value is -1.55. The summed E-state index contributed by atoms with van der Waals surface area (Å²) in [6.45, 7) is 5.77. The lowest BCUT2D eigenvalue weighted by Crippen LogP contribution is -2.35. The van der Waals surface area contributed by atoms with Crippen molar-refractivity contribution in [1.82, 2.24) is 4.90 Å². The van der Waals surface area contributed by atoms with Gasteiger partial charge in [-0.25, -0.2) is 0 Å². The van der Waals surface area contributed by atoms with Crippen LogP contribution in [0.15, 0.2) is 18.2 Å². The standard InChI is InChI=1S/C14H23N3O/c1-5-17(9-8-15)14(18)12-6-7-13(16(3)4)11(2)10-12/h6-7,10H,5,8-9,15H2,1-4H3. The van der Waals surface area contributed by atoms with Crippen molar-refractivity contribution in [2.45, 2.75) is 13.8 Å². The van der Waals surface area contributed by atoms with Crippen molar-refractivity contribution < 1.29 is 4.79 Å². The summed E-state index contributed by atoms with van der Waals surface area (Å²) in [4.78, 5) is 16.1. The van der Waals surface area contributed by atoms with Crippen LogP contribution in [0, 0.1) is 6.92 Å². The van der Waals surface area contributed by atoms with E-state index >= 15 is 0 Å². The van der Waals surface area contributed by atoms with Gasteiger partial charge < -0.3 is 15.5 Å². The van der Waals surface area contributed by atoms with Crippen LogP contribution in [0.5, 0.6) is 0 Å². The number of nitrogens with two attached hydrogens (primary N) is 1. The number of aryl methyl sites for hydroxylation is 1.